The van der Waals surface area contributed by atoms with Gasteiger partial charge in [0.15, 0.2) is 0 Å². The molecule has 1 aromatic heterocycles. The number of alkyl halides is 1. The highest BCUT2D eigenvalue weighted by atomic mass is 19.1. The van der Waals surface area contributed by atoms with Gasteiger partial charge in [-0.2, -0.15) is 5.10 Å². The first-order chi connectivity index (χ1) is 5.77. The summed E-state index contributed by atoms with van der Waals surface area (Å²) in [6.45, 7) is 3.85. The van der Waals surface area contributed by atoms with E-state index in [1.807, 2.05) is 0 Å². The minimum Gasteiger partial charge on any atom is -0.330 e. The van der Waals surface area contributed by atoms with Crippen LogP contribution >= 0.6 is 0 Å². The lowest BCUT2D eigenvalue weighted by Crippen LogP contribution is -2.02. The Kier molecular flexibility index (Phi) is 2.99. The monoisotopic (exact) mass is 169 g/mol. The summed E-state index contributed by atoms with van der Waals surface area (Å²) in [4.78, 5) is 0. The molecule has 0 radical (unpaired) electrons. The molecule has 0 aliphatic rings. The molecule has 1 rings (SSSR count). The predicted molar refractivity (Wildman–Crippen MR) is 46.1 cm³/mol. The standard InChI is InChI=1S/C8H12FN3/c1-2-12-6-7(5-11-12)8(9)3-4-10/h2,5-6,8H,1,3-4,10H2. The lowest BCUT2D eigenvalue weighted by molar-refractivity contribution is 0.327. The molecule has 0 aliphatic heterocycles. The SMILES string of the molecule is C=Cn1cc(C(F)CCN)cn1. The zero-order chi connectivity index (χ0) is 8.97. The van der Waals surface area contributed by atoms with Crippen LogP contribution in [0.3, 0.4) is 0 Å². The van der Waals surface area contributed by atoms with Crippen molar-refractivity contribution in [3.8, 4) is 0 Å². The van der Waals surface area contributed by atoms with Crippen LogP contribution in [0.25, 0.3) is 6.20 Å². The van der Waals surface area contributed by atoms with E-state index in [4.69, 9.17) is 5.73 Å². The molecule has 12 heavy (non-hydrogen) atoms. The fourth-order valence-electron chi connectivity index (χ4n) is 0.927. The lowest BCUT2D eigenvalue weighted by atomic mass is 10.2. The number of nitrogens with zero attached hydrogens (tertiary/aromatic N) is 2. The number of hydrogen-bond donors (Lipinski definition) is 1. The molecular formula is C8H12FN3. The van der Waals surface area contributed by atoms with Gasteiger partial charge in [-0.3, -0.25) is 0 Å². The molecule has 66 valence electrons. The first kappa shape index (κ1) is 8.93. The van der Waals surface area contributed by atoms with Gasteiger partial charge in [0.1, 0.15) is 6.17 Å². The van der Waals surface area contributed by atoms with Gasteiger partial charge >= 0.3 is 0 Å². The van der Waals surface area contributed by atoms with Gasteiger partial charge in [-0.25, -0.2) is 9.07 Å². The molecule has 1 atom stereocenters. The third-order valence-corrected chi connectivity index (χ3v) is 1.59. The van der Waals surface area contributed by atoms with Crippen LogP contribution in [0.4, 0.5) is 4.39 Å². The predicted octanol–water partition coefficient (Wildman–Crippen LogP) is 1.34. The lowest BCUT2D eigenvalue weighted by Gasteiger charge is -2.01. The summed E-state index contributed by atoms with van der Waals surface area (Å²) >= 11 is 0. The van der Waals surface area contributed by atoms with E-state index in [0.29, 0.717) is 18.5 Å². The van der Waals surface area contributed by atoms with Crippen molar-refractivity contribution in [1.29, 1.82) is 0 Å². The number of nitrogens with two attached hydrogens (primary N) is 1. The molecule has 0 amide bonds. The van der Waals surface area contributed by atoms with E-state index >= 15 is 0 Å². The van der Waals surface area contributed by atoms with E-state index in [0.717, 1.165) is 0 Å². The molecule has 3 nitrogen and oxygen atoms in total. The van der Waals surface area contributed by atoms with E-state index in [1.165, 1.54) is 17.1 Å². The minimum atomic E-state index is -1.01. The average molecular weight is 169 g/mol. The Balaban J connectivity index is 2.67. The Morgan fingerprint density at radius 2 is 2.58 bits per heavy atom. The van der Waals surface area contributed by atoms with Gasteiger partial charge in [-0.1, -0.05) is 6.58 Å². The van der Waals surface area contributed by atoms with E-state index in [-0.39, 0.29) is 0 Å². The minimum absolute atomic E-state index is 0.336. The summed E-state index contributed by atoms with van der Waals surface area (Å²) < 4.78 is 14.6. The van der Waals surface area contributed by atoms with Crippen molar-refractivity contribution in [3.63, 3.8) is 0 Å². The molecule has 2 N–H and O–H groups in total. The number of hydrogen-bond acceptors (Lipinski definition) is 2. The normalized spacial score (nSPS) is 12.8. The molecule has 0 bridgehead atoms. The van der Waals surface area contributed by atoms with E-state index in [1.54, 1.807) is 6.20 Å². The first-order valence-corrected chi connectivity index (χ1v) is 3.78. The van der Waals surface area contributed by atoms with Crippen molar-refractivity contribution in [3.05, 3.63) is 24.5 Å². The zero-order valence-corrected chi connectivity index (χ0v) is 6.78. The Morgan fingerprint density at radius 1 is 1.83 bits per heavy atom. The molecule has 1 heterocycles. The molecule has 0 fully saturated rings. The molecule has 0 spiro atoms. The Bertz CT molecular complexity index is 257. The van der Waals surface area contributed by atoms with E-state index in [2.05, 4.69) is 11.7 Å². The largest absolute Gasteiger partial charge is 0.330 e. The highest BCUT2D eigenvalue weighted by molar-refractivity contribution is 5.19. The fourth-order valence-corrected chi connectivity index (χ4v) is 0.927. The second-order valence-corrected chi connectivity index (χ2v) is 2.48. The average Bonchev–Trinajstić information content (AvgIpc) is 2.52. The van der Waals surface area contributed by atoms with Crippen LogP contribution in [0.5, 0.6) is 0 Å². The maximum atomic E-state index is 13.1. The third kappa shape index (κ3) is 1.92. The van der Waals surface area contributed by atoms with Crippen LogP contribution in [0.2, 0.25) is 0 Å². The quantitative estimate of drug-likeness (QED) is 0.739. The molecular weight excluding hydrogens is 157 g/mol. The smallest absolute Gasteiger partial charge is 0.129 e. The summed E-state index contributed by atoms with van der Waals surface area (Å²) in [6, 6.07) is 0. The maximum Gasteiger partial charge on any atom is 0.129 e. The molecule has 1 unspecified atom stereocenters. The molecule has 1 aromatic rings. The maximum absolute atomic E-state index is 13.1. The zero-order valence-electron chi connectivity index (χ0n) is 6.78. The van der Waals surface area contributed by atoms with Crippen LogP contribution in [-0.4, -0.2) is 16.3 Å². The van der Waals surface area contributed by atoms with Gasteiger partial charge < -0.3 is 5.73 Å². The van der Waals surface area contributed by atoms with Crippen molar-refractivity contribution < 1.29 is 4.39 Å². The van der Waals surface area contributed by atoms with Crippen molar-refractivity contribution in [2.45, 2.75) is 12.6 Å². The van der Waals surface area contributed by atoms with Gasteiger partial charge in [-0.05, 0) is 13.0 Å². The number of aromatic nitrogens is 2. The van der Waals surface area contributed by atoms with Crippen molar-refractivity contribution >= 4 is 6.20 Å². The molecule has 0 aliphatic carbocycles. The fraction of sp³-hybridized carbons (Fsp3) is 0.375. The highest BCUT2D eigenvalue weighted by Gasteiger charge is 2.09. The number of rotatable bonds is 4. The molecule has 0 saturated carbocycles. The summed E-state index contributed by atoms with van der Waals surface area (Å²) in [5, 5.41) is 3.86. The van der Waals surface area contributed by atoms with Crippen LogP contribution < -0.4 is 5.73 Å². The second-order valence-electron chi connectivity index (χ2n) is 2.48. The molecule has 0 saturated heterocycles. The van der Waals surface area contributed by atoms with Crippen LogP contribution in [-0.2, 0) is 0 Å². The Morgan fingerprint density at radius 3 is 3.08 bits per heavy atom. The van der Waals surface area contributed by atoms with Gasteiger partial charge in [0.2, 0.25) is 0 Å². The topological polar surface area (TPSA) is 43.8 Å². The van der Waals surface area contributed by atoms with Crippen molar-refractivity contribution in [2.24, 2.45) is 5.73 Å². The van der Waals surface area contributed by atoms with Gasteiger partial charge in [-0.15, -0.1) is 0 Å². The number of halogens is 1. The van der Waals surface area contributed by atoms with Gasteiger partial charge in [0.25, 0.3) is 0 Å². The highest BCUT2D eigenvalue weighted by Crippen LogP contribution is 2.19. The first-order valence-electron chi connectivity index (χ1n) is 3.78. The Hall–Kier alpha value is -1.16. The molecule has 0 aromatic carbocycles. The summed E-state index contributed by atoms with van der Waals surface area (Å²) in [5.74, 6) is 0. The van der Waals surface area contributed by atoms with E-state index in [9.17, 15) is 4.39 Å². The Labute approximate surface area is 70.7 Å². The van der Waals surface area contributed by atoms with Crippen molar-refractivity contribution in [1.82, 2.24) is 9.78 Å². The van der Waals surface area contributed by atoms with E-state index < -0.39 is 6.17 Å². The van der Waals surface area contributed by atoms with Crippen LogP contribution in [0.1, 0.15) is 18.2 Å². The van der Waals surface area contributed by atoms with Gasteiger partial charge in [0, 0.05) is 18.0 Å². The molecule has 4 heteroatoms. The van der Waals surface area contributed by atoms with Crippen LogP contribution in [0, 0.1) is 0 Å². The third-order valence-electron chi connectivity index (χ3n) is 1.59. The van der Waals surface area contributed by atoms with Crippen LogP contribution in [0.15, 0.2) is 19.0 Å². The summed E-state index contributed by atoms with van der Waals surface area (Å²) in [5.41, 5.74) is 5.77. The second kappa shape index (κ2) is 4.01. The summed E-state index contributed by atoms with van der Waals surface area (Å²) in [7, 11) is 0. The van der Waals surface area contributed by atoms with Gasteiger partial charge in [0.05, 0.1) is 6.20 Å². The summed E-state index contributed by atoms with van der Waals surface area (Å²) in [6.07, 6.45) is 3.93. The van der Waals surface area contributed by atoms with Crippen molar-refractivity contribution in [2.75, 3.05) is 6.54 Å².